The van der Waals surface area contributed by atoms with Crippen LogP contribution >= 0.6 is 28.3 Å². The third-order valence-electron chi connectivity index (χ3n) is 2.64. The van der Waals surface area contributed by atoms with Crippen molar-refractivity contribution in [3.8, 4) is 0 Å². The molecule has 0 unspecified atom stereocenters. The summed E-state index contributed by atoms with van der Waals surface area (Å²) in [6.45, 7) is -0.0209. The molecule has 0 atom stereocenters. The Morgan fingerprint density at radius 3 is 2.60 bits per heavy atom. The zero-order chi connectivity index (χ0) is 14.0. The van der Waals surface area contributed by atoms with Gasteiger partial charge < -0.3 is 14.0 Å². The summed E-state index contributed by atoms with van der Waals surface area (Å²) in [5.41, 5.74) is 1.13. The van der Waals surface area contributed by atoms with E-state index in [-0.39, 0.29) is 28.3 Å². The fraction of sp³-hybridized carbons (Fsp3) is 0.250. The molecule has 8 heteroatoms. The maximum absolute atomic E-state index is 11.4. The van der Waals surface area contributed by atoms with Crippen LogP contribution < -0.4 is 4.80 Å². The van der Waals surface area contributed by atoms with Gasteiger partial charge >= 0.3 is 11.9 Å². The minimum absolute atomic E-state index is 0. The van der Waals surface area contributed by atoms with E-state index < -0.39 is 11.9 Å². The van der Waals surface area contributed by atoms with Gasteiger partial charge in [-0.15, -0.1) is 17.0 Å². The first-order valence-electron chi connectivity index (χ1n) is 5.40. The fourth-order valence-corrected chi connectivity index (χ4v) is 2.63. The highest BCUT2D eigenvalue weighted by Crippen LogP contribution is 2.19. The summed E-state index contributed by atoms with van der Waals surface area (Å²) in [6.07, 6.45) is 0. The van der Waals surface area contributed by atoms with Gasteiger partial charge in [-0.3, -0.25) is 10.2 Å². The molecule has 0 radical (unpaired) electrons. The molecular weight excluding hydrogens is 348 g/mol. The first-order chi connectivity index (χ1) is 9.06. The van der Waals surface area contributed by atoms with Crippen molar-refractivity contribution in [2.24, 2.45) is 0 Å². The summed E-state index contributed by atoms with van der Waals surface area (Å²) in [5, 5.41) is 7.85. The zero-order valence-electron chi connectivity index (χ0n) is 10.8. The van der Waals surface area contributed by atoms with Crippen LogP contribution in [0.5, 0.6) is 0 Å². The second-order valence-electron chi connectivity index (χ2n) is 3.74. The van der Waals surface area contributed by atoms with Crippen molar-refractivity contribution in [2.75, 3.05) is 14.2 Å². The molecule has 0 saturated carbocycles. The smallest absolute Gasteiger partial charge is 0.337 e. The predicted octanol–water partition coefficient (Wildman–Crippen LogP) is 1.72. The Hall–Kier alpha value is -1.67. The quantitative estimate of drug-likeness (QED) is 0.844. The normalized spacial score (nSPS) is 9.90. The lowest BCUT2D eigenvalue weighted by Crippen LogP contribution is -2.20. The van der Waals surface area contributed by atoms with Gasteiger partial charge in [0.1, 0.15) is 6.54 Å². The predicted molar refractivity (Wildman–Crippen MR) is 79.3 cm³/mol. The molecule has 0 saturated heterocycles. The topological polar surface area (TPSA) is 81.4 Å². The number of hydrogen-bond donors (Lipinski definition) is 1. The van der Waals surface area contributed by atoms with Crippen LogP contribution in [0.3, 0.4) is 0 Å². The number of hydrogen-bond acceptors (Lipinski definition) is 6. The van der Waals surface area contributed by atoms with E-state index in [0.29, 0.717) is 11.1 Å². The largest absolute Gasteiger partial charge is 0.468 e. The summed E-state index contributed by atoms with van der Waals surface area (Å²) in [5.74, 6) is -0.850. The number of carbonyl (C=O) groups excluding carboxylic acids is 2. The Balaban J connectivity index is 0.00000200. The second kappa shape index (κ2) is 6.67. The van der Waals surface area contributed by atoms with E-state index in [1.165, 1.54) is 30.1 Å². The Morgan fingerprint density at radius 1 is 1.30 bits per heavy atom. The van der Waals surface area contributed by atoms with Crippen LogP contribution in [0.15, 0.2) is 18.2 Å². The number of esters is 2. The number of carbonyl (C=O) groups is 2. The number of rotatable bonds is 3. The average molecular weight is 361 g/mol. The molecule has 0 fully saturated rings. The molecule has 0 aliphatic rings. The molecule has 1 aromatic heterocycles. The summed E-state index contributed by atoms with van der Waals surface area (Å²) < 4.78 is 11.5. The van der Waals surface area contributed by atoms with E-state index in [4.69, 9.17) is 5.41 Å². The van der Waals surface area contributed by atoms with E-state index in [1.54, 1.807) is 18.2 Å². The van der Waals surface area contributed by atoms with Gasteiger partial charge in [0, 0.05) is 0 Å². The molecule has 0 bridgehead atoms. The zero-order valence-corrected chi connectivity index (χ0v) is 13.4. The Labute approximate surface area is 129 Å². The molecule has 0 aliphatic carbocycles. The Morgan fingerprint density at radius 2 is 2.00 bits per heavy atom. The standard InChI is InChI=1S/C12H12N2O4S.BrH/c1-17-10(15)6-14-8-4-3-7(11(16)18-2)5-9(8)19-12(14)13;/h3-5,13H,6H2,1-2H3;1H. The molecular formula is C12H13BrN2O4S. The number of fused-ring (bicyclic) bond motifs is 1. The first kappa shape index (κ1) is 16.4. The van der Waals surface area contributed by atoms with Crippen molar-refractivity contribution >= 4 is 50.5 Å². The van der Waals surface area contributed by atoms with E-state index in [9.17, 15) is 9.59 Å². The maximum Gasteiger partial charge on any atom is 0.337 e. The Bertz CT molecular complexity index is 707. The van der Waals surface area contributed by atoms with Gasteiger partial charge in [0.25, 0.3) is 0 Å². The molecule has 0 spiro atoms. The number of methoxy groups -OCH3 is 2. The lowest BCUT2D eigenvalue weighted by atomic mass is 10.2. The molecule has 6 nitrogen and oxygen atoms in total. The van der Waals surface area contributed by atoms with Crippen LogP contribution in [-0.2, 0) is 20.8 Å². The van der Waals surface area contributed by atoms with Gasteiger partial charge in [-0.25, -0.2) is 4.79 Å². The highest BCUT2D eigenvalue weighted by molar-refractivity contribution is 8.93. The molecule has 108 valence electrons. The van der Waals surface area contributed by atoms with Crippen molar-refractivity contribution < 1.29 is 19.1 Å². The van der Waals surface area contributed by atoms with Gasteiger partial charge in [-0.2, -0.15) is 0 Å². The molecule has 1 aromatic carbocycles. The van der Waals surface area contributed by atoms with Crippen molar-refractivity contribution in [2.45, 2.75) is 6.54 Å². The number of thiazole rings is 1. The molecule has 2 aromatic rings. The van der Waals surface area contributed by atoms with Gasteiger partial charge in [0.2, 0.25) is 0 Å². The van der Waals surface area contributed by atoms with Gasteiger partial charge in [0.15, 0.2) is 4.80 Å². The molecule has 2 rings (SSSR count). The SMILES string of the molecule is Br.COC(=O)Cn1c(=N)sc2cc(C(=O)OC)ccc21. The lowest BCUT2D eigenvalue weighted by Gasteiger charge is -2.03. The van der Waals surface area contributed by atoms with Crippen LogP contribution in [0.4, 0.5) is 0 Å². The first-order valence-corrected chi connectivity index (χ1v) is 6.21. The van der Waals surface area contributed by atoms with Crippen molar-refractivity contribution in [3.63, 3.8) is 0 Å². The van der Waals surface area contributed by atoms with E-state index in [2.05, 4.69) is 9.47 Å². The van der Waals surface area contributed by atoms with Crippen LogP contribution in [0.2, 0.25) is 0 Å². The second-order valence-corrected chi connectivity index (χ2v) is 4.77. The van der Waals surface area contributed by atoms with Crippen LogP contribution in [0, 0.1) is 5.41 Å². The molecule has 1 heterocycles. The molecule has 20 heavy (non-hydrogen) atoms. The van der Waals surface area contributed by atoms with Gasteiger partial charge in [-0.05, 0) is 18.2 Å². The minimum Gasteiger partial charge on any atom is -0.468 e. The summed E-state index contributed by atoms with van der Waals surface area (Å²) in [7, 11) is 2.62. The molecule has 0 amide bonds. The number of aromatic nitrogens is 1. The number of nitrogens with zero attached hydrogens (tertiary/aromatic N) is 1. The van der Waals surface area contributed by atoms with Crippen LogP contribution in [0.25, 0.3) is 10.2 Å². The number of ether oxygens (including phenoxy) is 2. The van der Waals surface area contributed by atoms with Gasteiger partial charge in [-0.1, -0.05) is 11.3 Å². The number of nitrogens with one attached hydrogen (secondary N) is 1. The van der Waals surface area contributed by atoms with Crippen LogP contribution in [-0.4, -0.2) is 30.7 Å². The molecule has 0 aliphatic heterocycles. The van der Waals surface area contributed by atoms with Gasteiger partial charge in [0.05, 0.1) is 30.0 Å². The lowest BCUT2D eigenvalue weighted by molar-refractivity contribution is -0.141. The van der Waals surface area contributed by atoms with Crippen LogP contribution in [0.1, 0.15) is 10.4 Å². The van der Waals surface area contributed by atoms with Crippen molar-refractivity contribution in [1.82, 2.24) is 4.57 Å². The summed E-state index contributed by atoms with van der Waals surface area (Å²) in [4.78, 5) is 23.0. The average Bonchev–Trinajstić information content (AvgIpc) is 2.73. The maximum atomic E-state index is 11.4. The molecule has 1 N–H and O–H groups in total. The number of halogens is 1. The monoisotopic (exact) mass is 360 g/mol. The minimum atomic E-state index is -0.429. The highest BCUT2D eigenvalue weighted by Gasteiger charge is 2.12. The third-order valence-corrected chi connectivity index (χ3v) is 3.60. The van der Waals surface area contributed by atoms with Crippen molar-refractivity contribution in [3.05, 3.63) is 28.6 Å². The van der Waals surface area contributed by atoms with E-state index in [0.717, 1.165) is 4.70 Å². The summed E-state index contributed by atoms with van der Waals surface area (Å²) in [6, 6.07) is 4.95. The highest BCUT2D eigenvalue weighted by atomic mass is 79.9. The third kappa shape index (κ3) is 3.07. The Kier molecular flexibility index (Phi) is 5.46. The van der Waals surface area contributed by atoms with E-state index in [1.807, 2.05) is 0 Å². The van der Waals surface area contributed by atoms with E-state index >= 15 is 0 Å². The fourth-order valence-electron chi connectivity index (χ4n) is 1.68. The number of benzene rings is 1. The summed E-state index contributed by atoms with van der Waals surface area (Å²) >= 11 is 1.19. The van der Waals surface area contributed by atoms with Crippen molar-refractivity contribution in [1.29, 1.82) is 5.41 Å².